The number of fused-ring (bicyclic) bond motifs is 2. The maximum atomic E-state index is 12.5. The molecule has 2 aromatic carbocycles. The van der Waals surface area contributed by atoms with Crippen molar-refractivity contribution in [1.29, 1.82) is 0 Å². The lowest BCUT2D eigenvalue weighted by Gasteiger charge is -2.11. The predicted octanol–water partition coefficient (Wildman–Crippen LogP) is 3.41. The minimum atomic E-state index is -0.504. The van der Waals surface area contributed by atoms with Crippen LogP contribution in [0.5, 0.6) is 0 Å². The molecular weight excluding hydrogens is 338 g/mol. The zero-order chi connectivity index (χ0) is 18.4. The zero-order valence-electron chi connectivity index (χ0n) is 13.8. The lowest BCUT2D eigenvalue weighted by atomic mass is 10.1. The molecule has 0 spiro atoms. The van der Waals surface area contributed by atoms with Crippen LogP contribution < -0.4 is 0 Å². The van der Waals surface area contributed by atoms with E-state index in [4.69, 9.17) is 4.42 Å². The Labute approximate surface area is 147 Å². The van der Waals surface area contributed by atoms with Crippen molar-refractivity contribution >= 4 is 28.6 Å². The molecule has 0 radical (unpaired) electrons. The summed E-state index contributed by atoms with van der Waals surface area (Å²) < 4.78 is 5.64. The quantitative estimate of drug-likeness (QED) is 0.405. The van der Waals surface area contributed by atoms with Gasteiger partial charge in [0.05, 0.1) is 16.1 Å². The molecule has 1 aliphatic heterocycles. The van der Waals surface area contributed by atoms with E-state index in [0.717, 1.165) is 0 Å². The number of non-ortho nitro benzene ring substituents is 1. The van der Waals surface area contributed by atoms with Crippen LogP contribution in [0.25, 0.3) is 22.6 Å². The fraction of sp³-hybridized carbons (Fsp3) is 0.167. The molecule has 8 nitrogen and oxygen atoms in total. The molecule has 0 saturated heterocycles. The van der Waals surface area contributed by atoms with Crippen molar-refractivity contribution in [1.82, 2.24) is 9.88 Å². The van der Waals surface area contributed by atoms with Gasteiger partial charge in [0.25, 0.3) is 17.5 Å². The van der Waals surface area contributed by atoms with Crippen molar-refractivity contribution < 1.29 is 18.9 Å². The van der Waals surface area contributed by atoms with E-state index in [9.17, 15) is 19.7 Å². The Hall–Kier alpha value is -3.55. The molecule has 0 bridgehead atoms. The second-order valence-corrected chi connectivity index (χ2v) is 5.95. The Bertz CT molecular complexity index is 1090. The highest BCUT2D eigenvalue weighted by Crippen LogP contribution is 2.31. The van der Waals surface area contributed by atoms with E-state index in [-0.39, 0.29) is 23.4 Å². The van der Waals surface area contributed by atoms with Gasteiger partial charge in [-0.15, -0.1) is 0 Å². The summed E-state index contributed by atoms with van der Waals surface area (Å²) in [6.45, 7) is 2.26. The van der Waals surface area contributed by atoms with Gasteiger partial charge in [0, 0.05) is 24.2 Å². The number of amides is 2. The summed E-state index contributed by atoms with van der Waals surface area (Å²) in [7, 11) is 0. The summed E-state index contributed by atoms with van der Waals surface area (Å²) in [5.41, 5.74) is 1.88. The Morgan fingerprint density at radius 1 is 1.12 bits per heavy atom. The fourth-order valence-electron chi connectivity index (χ4n) is 3.00. The summed E-state index contributed by atoms with van der Waals surface area (Å²) in [5.74, 6) is -0.399. The third kappa shape index (κ3) is 2.34. The van der Waals surface area contributed by atoms with Crippen molar-refractivity contribution in [3.63, 3.8) is 0 Å². The molecule has 26 heavy (non-hydrogen) atoms. The number of benzene rings is 2. The molecule has 0 unspecified atom stereocenters. The average molecular weight is 351 g/mol. The Morgan fingerprint density at radius 2 is 1.88 bits per heavy atom. The van der Waals surface area contributed by atoms with Gasteiger partial charge in [0.15, 0.2) is 5.58 Å². The monoisotopic (exact) mass is 351 g/mol. The first-order chi connectivity index (χ1) is 12.5. The molecule has 4 rings (SSSR count). The van der Waals surface area contributed by atoms with Gasteiger partial charge in [-0.3, -0.25) is 24.6 Å². The number of hydrogen-bond acceptors (Lipinski definition) is 6. The van der Waals surface area contributed by atoms with Crippen molar-refractivity contribution in [2.75, 3.05) is 6.54 Å². The number of nitro groups is 1. The summed E-state index contributed by atoms with van der Waals surface area (Å²) in [6, 6.07) is 8.95. The zero-order valence-corrected chi connectivity index (χ0v) is 13.8. The first-order valence-electron chi connectivity index (χ1n) is 8.05. The van der Waals surface area contributed by atoms with Crippen molar-refractivity contribution in [2.24, 2.45) is 0 Å². The van der Waals surface area contributed by atoms with Crippen LogP contribution >= 0.6 is 0 Å². The van der Waals surface area contributed by atoms with E-state index < -0.39 is 4.92 Å². The molecule has 0 saturated carbocycles. The number of imide groups is 1. The molecular formula is C18H13N3O5. The molecule has 0 fully saturated rings. The molecule has 0 atom stereocenters. The highest BCUT2D eigenvalue weighted by atomic mass is 16.6. The first-order valence-corrected chi connectivity index (χ1v) is 8.05. The van der Waals surface area contributed by atoms with Gasteiger partial charge in [-0.2, -0.15) is 0 Å². The summed E-state index contributed by atoms with van der Waals surface area (Å²) in [4.78, 5) is 40.6. The maximum absolute atomic E-state index is 12.5. The third-order valence-corrected chi connectivity index (χ3v) is 4.25. The SMILES string of the molecule is CCCN1C(=O)c2ccc(-c3nc4cc([N+](=O)[O-])ccc4o3)cc2C1=O. The number of carbonyl (C=O) groups excluding carboxylic acids is 2. The molecule has 2 amide bonds. The van der Waals surface area contributed by atoms with Gasteiger partial charge < -0.3 is 4.42 Å². The van der Waals surface area contributed by atoms with Crippen molar-refractivity contribution in [3.05, 3.63) is 57.6 Å². The number of carbonyl (C=O) groups is 2. The topological polar surface area (TPSA) is 107 Å². The number of rotatable bonds is 4. The van der Waals surface area contributed by atoms with E-state index in [1.807, 2.05) is 6.92 Å². The minimum Gasteiger partial charge on any atom is -0.436 e. The fourth-order valence-corrected chi connectivity index (χ4v) is 3.00. The lowest BCUT2D eigenvalue weighted by Crippen LogP contribution is -2.30. The van der Waals surface area contributed by atoms with Crippen LogP contribution in [0.1, 0.15) is 34.1 Å². The van der Waals surface area contributed by atoms with Gasteiger partial charge >= 0.3 is 0 Å². The van der Waals surface area contributed by atoms with Gasteiger partial charge in [-0.25, -0.2) is 4.98 Å². The molecule has 8 heteroatoms. The van der Waals surface area contributed by atoms with Crippen LogP contribution in [0, 0.1) is 10.1 Å². The second-order valence-electron chi connectivity index (χ2n) is 5.95. The van der Waals surface area contributed by atoms with E-state index in [0.29, 0.717) is 40.8 Å². The first kappa shape index (κ1) is 15.9. The van der Waals surface area contributed by atoms with Crippen LogP contribution in [-0.2, 0) is 0 Å². The molecule has 130 valence electrons. The molecule has 0 N–H and O–H groups in total. The Balaban J connectivity index is 1.76. The summed E-state index contributed by atoms with van der Waals surface area (Å²) in [6.07, 6.45) is 0.683. The lowest BCUT2D eigenvalue weighted by molar-refractivity contribution is -0.384. The van der Waals surface area contributed by atoms with E-state index in [2.05, 4.69) is 4.98 Å². The number of aromatic nitrogens is 1. The average Bonchev–Trinajstić information content (AvgIpc) is 3.16. The highest BCUT2D eigenvalue weighted by molar-refractivity contribution is 6.21. The van der Waals surface area contributed by atoms with Gasteiger partial charge in [-0.05, 0) is 30.7 Å². The van der Waals surface area contributed by atoms with Crippen LogP contribution in [0.4, 0.5) is 5.69 Å². The van der Waals surface area contributed by atoms with E-state index in [1.165, 1.54) is 23.1 Å². The number of nitrogens with zero attached hydrogens (tertiary/aromatic N) is 3. The van der Waals surface area contributed by atoms with Crippen LogP contribution in [0.15, 0.2) is 40.8 Å². The molecule has 0 aliphatic carbocycles. The number of hydrogen-bond donors (Lipinski definition) is 0. The van der Waals surface area contributed by atoms with E-state index >= 15 is 0 Å². The van der Waals surface area contributed by atoms with Gasteiger partial charge in [-0.1, -0.05) is 6.92 Å². The molecule has 1 aromatic heterocycles. The largest absolute Gasteiger partial charge is 0.436 e. The second kappa shape index (κ2) is 5.76. The van der Waals surface area contributed by atoms with Crippen LogP contribution in [0.3, 0.4) is 0 Å². The minimum absolute atomic E-state index is 0.0812. The Kier molecular flexibility index (Phi) is 3.54. The van der Waals surface area contributed by atoms with Gasteiger partial charge in [0.2, 0.25) is 5.89 Å². The van der Waals surface area contributed by atoms with Crippen LogP contribution in [-0.4, -0.2) is 33.2 Å². The van der Waals surface area contributed by atoms with Crippen LogP contribution in [0.2, 0.25) is 0 Å². The standard InChI is InChI=1S/C18H13N3O5/c1-2-7-20-17(22)12-5-3-10(8-13(12)18(20)23)16-19-14-9-11(21(24)25)4-6-15(14)26-16/h3-6,8-9H,2,7H2,1H3. The predicted molar refractivity (Wildman–Crippen MR) is 91.8 cm³/mol. The Morgan fingerprint density at radius 3 is 2.62 bits per heavy atom. The number of nitro benzene ring substituents is 1. The smallest absolute Gasteiger partial charge is 0.271 e. The highest BCUT2D eigenvalue weighted by Gasteiger charge is 2.35. The molecule has 3 aromatic rings. The van der Waals surface area contributed by atoms with Gasteiger partial charge in [0.1, 0.15) is 5.52 Å². The molecule has 2 heterocycles. The maximum Gasteiger partial charge on any atom is 0.271 e. The number of oxazole rings is 1. The summed E-state index contributed by atoms with van der Waals surface area (Å²) >= 11 is 0. The summed E-state index contributed by atoms with van der Waals surface area (Å²) in [5, 5.41) is 10.9. The normalized spacial score (nSPS) is 13.5. The third-order valence-electron chi connectivity index (χ3n) is 4.25. The van der Waals surface area contributed by atoms with E-state index in [1.54, 1.807) is 18.2 Å². The molecule has 1 aliphatic rings. The van der Waals surface area contributed by atoms with Crippen molar-refractivity contribution in [2.45, 2.75) is 13.3 Å². The van der Waals surface area contributed by atoms with Crippen molar-refractivity contribution in [3.8, 4) is 11.5 Å².